The van der Waals surface area contributed by atoms with Gasteiger partial charge in [-0.2, -0.15) is 13.2 Å². The van der Waals surface area contributed by atoms with Gasteiger partial charge < -0.3 is 10.8 Å². The van der Waals surface area contributed by atoms with Gasteiger partial charge in [0.05, 0.1) is 11.0 Å². The molecular formula is C14H16F3NO2. The fourth-order valence-electron chi connectivity index (χ4n) is 2.84. The molecule has 0 aliphatic heterocycles. The second-order valence-electron chi connectivity index (χ2n) is 5.33. The molecule has 3 nitrogen and oxygen atoms in total. The molecule has 110 valence electrons. The van der Waals surface area contributed by atoms with E-state index in [9.17, 15) is 23.1 Å². The summed E-state index contributed by atoms with van der Waals surface area (Å²) in [7, 11) is 0. The maximum absolute atomic E-state index is 12.5. The highest BCUT2D eigenvalue weighted by atomic mass is 19.4. The average molecular weight is 287 g/mol. The summed E-state index contributed by atoms with van der Waals surface area (Å²) in [5, 5.41) is 9.42. The minimum Gasteiger partial charge on any atom is -0.481 e. The Hall–Kier alpha value is -1.56. The molecular weight excluding hydrogens is 271 g/mol. The topological polar surface area (TPSA) is 63.3 Å². The van der Waals surface area contributed by atoms with Gasteiger partial charge in [-0.25, -0.2) is 0 Å². The predicted octanol–water partition coefficient (Wildman–Crippen LogP) is 2.83. The number of hydrogen-bond donors (Lipinski definition) is 2. The van der Waals surface area contributed by atoms with Crippen molar-refractivity contribution in [2.45, 2.75) is 37.9 Å². The van der Waals surface area contributed by atoms with Crippen LogP contribution in [0.5, 0.6) is 0 Å². The third-order valence-corrected chi connectivity index (χ3v) is 4.07. The second-order valence-corrected chi connectivity index (χ2v) is 5.33. The summed E-state index contributed by atoms with van der Waals surface area (Å²) in [4.78, 5) is 11.5. The molecule has 1 aromatic carbocycles. The number of rotatable bonds is 3. The monoisotopic (exact) mass is 287 g/mol. The third-order valence-electron chi connectivity index (χ3n) is 4.07. The van der Waals surface area contributed by atoms with E-state index < -0.39 is 29.2 Å². The normalized spacial score (nSPS) is 26.7. The molecule has 0 bridgehead atoms. The van der Waals surface area contributed by atoms with Crippen molar-refractivity contribution >= 4 is 5.97 Å². The van der Waals surface area contributed by atoms with Crippen molar-refractivity contribution < 1.29 is 23.1 Å². The highest BCUT2D eigenvalue weighted by Gasteiger charge is 2.47. The Morgan fingerprint density at radius 1 is 1.35 bits per heavy atom. The summed E-state index contributed by atoms with van der Waals surface area (Å²) in [5.41, 5.74) is 4.68. The molecule has 2 rings (SSSR count). The molecule has 0 saturated heterocycles. The first-order valence-electron chi connectivity index (χ1n) is 6.41. The summed E-state index contributed by atoms with van der Waals surface area (Å²) in [6, 6.07) is 4.16. The number of carboxylic acid groups (broad SMARTS) is 1. The van der Waals surface area contributed by atoms with E-state index in [2.05, 4.69) is 0 Å². The molecule has 0 aromatic heterocycles. The molecule has 1 aromatic rings. The van der Waals surface area contributed by atoms with E-state index in [1.165, 1.54) is 12.1 Å². The minimum atomic E-state index is -4.38. The van der Waals surface area contributed by atoms with Crippen molar-refractivity contribution in [3.05, 3.63) is 35.4 Å². The van der Waals surface area contributed by atoms with Gasteiger partial charge in [-0.1, -0.05) is 18.6 Å². The predicted molar refractivity (Wildman–Crippen MR) is 67.0 cm³/mol. The van der Waals surface area contributed by atoms with E-state index in [1.54, 1.807) is 0 Å². The molecule has 0 amide bonds. The van der Waals surface area contributed by atoms with E-state index >= 15 is 0 Å². The summed E-state index contributed by atoms with van der Waals surface area (Å²) < 4.78 is 37.4. The Balaban J connectivity index is 2.22. The molecule has 1 saturated carbocycles. The van der Waals surface area contributed by atoms with Crippen LogP contribution in [-0.2, 0) is 17.4 Å². The van der Waals surface area contributed by atoms with Crippen LogP contribution in [0, 0.1) is 5.41 Å². The molecule has 3 N–H and O–H groups in total. The van der Waals surface area contributed by atoms with E-state index in [0.717, 1.165) is 18.6 Å². The second kappa shape index (κ2) is 5.09. The summed E-state index contributed by atoms with van der Waals surface area (Å²) >= 11 is 0. The molecule has 6 heteroatoms. The third kappa shape index (κ3) is 2.65. The van der Waals surface area contributed by atoms with Crippen LogP contribution in [0.2, 0.25) is 0 Å². The largest absolute Gasteiger partial charge is 0.481 e. The van der Waals surface area contributed by atoms with Gasteiger partial charge >= 0.3 is 12.1 Å². The van der Waals surface area contributed by atoms with E-state index in [4.69, 9.17) is 5.73 Å². The zero-order chi connectivity index (χ0) is 15.0. The lowest BCUT2D eigenvalue weighted by atomic mass is 9.77. The van der Waals surface area contributed by atoms with Gasteiger partial charge in [0.25, 0.3) is 0 Å². The van der Waals surface area contributed by atoms with Crippen LogP contribution < -0.4 is 5.73 Å². The molecule has 1 fully saturated rings. The number of hydrogen-bond acceptors (Lipinski definition) is 2. The molecule has 0 unspecified atom stereocenters. The lowest BCUT2D eigenvalue weighted by molar-refractivity contribution is -0.149. The number of aliphatic carboxylic acids is 1. The van der Waals surface area contributed by atoms with Gasteiger partial charge in [-0.05, 0) is 37.0 Å². The molecule has 1 aliphatic carbocycles. The number of benzene rings is 1. The molecule has 0 heterocycles. The maximum Gasteiger partial charge on any atom is 0.416 e. The molecule has 0 radical (unpaired) electrons. The van der Waals surface area contributed by atoms with Crippen molar-refractivity contribution in [3.8, 4) is 0 Å². The van der Waals surface area contributed by atoms with E-state index in [-0.39, 0.29) is 6.42 Å². The number of halogens is 3. The molecule has 0 spiro atoms. The number of carboxylic acids is 1. The number of alkyl halides is 3. The Labute approximate surface area is 114 Å². The minimum absolute atomic E-state index is 0.168. The fourth-order valence-corrected chi connectivity index (χ4v) is 2.84. The van der Waals surface area contributed by atoms with Crippen molar-refractivity contribution in [3.63, 3.8) is 0 Å². The van der Waals surface area contributed by atoms with Crippen LogP contribution in [-0.4, -0.2) is 17.1 Å². The van der Waals surface area contributed by atoms with Crippen LogP contribution in [0.3, 0.4) is 0 Å². The lowest BCUT2D eigenvalue weighted by Gasteiger charge is -2.29. The van der Waals surface area contributed by atoms with Crippen molar-refractivity contribution in [1.82, 2.24) is 0 Å². The van der Waals surface area contributed by atoms with Crippen molar-refractivity contribution in [2.24, 2.45) is 11.1 Å². The lowest BCUT2D eigenvalue weighted by Crippen LogP contribution is -2.45. The maximum atomic E-state index is 12.5. The van der Waals surface area contributed by atoms with Gasteiger partial charge in [0.1, 0.15) is 0 Å². The first-order valence-corrected chi connectivity index (χ1v) is 6.41. The number of carbonyl (C=O) groups is 1. The van der Waals surface area contributed by atoms with Gasteiger partial charge in [0.2, 0.25) is 0 Å². The zero-order valence-electron chi connectivity index (χ0n) is 10.8. The van der Waals surface area contributed by atoms with E-state index in [0.29, 0.717) is 18.4 Å². The molecule has 20 heavy (non-hydrogen) atoms. The average Bonchev–Trinajstić information content (AvgIpc) is 2.71. The Morgan fingerprint density at radius 3 is 2.35 bits per heavy atom. The first-order chi connectivity index (χ1) is 9.25. The zero-order valence-corrected chi connectivity index (χ0v) is 10.8. The Bertz CT molecular complexity index is 498. The van der Waals surface area contributed by atoms with Gasteiger partial charge in [-0.15, -0.1) is 0 Å². The van der Waals surface area contributed by atoms with Crippen LogP contribution in [0.15, 0.2) is 24.3 Å². The van der Waals surface area contributed by atoms with Gasteiger partial charge in [0.15, 0.2) is 0 Å². The Kier molecular flexibility index (Phi) is 3.77. The van der Waals surface area contributed by atoms with Crippen molar-refractivity contribution in [1.29, 1.82) is 0 Å². The van der Waals surface area contributed by atoms with Crippen LogP contribution >= 0.6 is 0 Å². The summed E-state index contributed by atoms with van der Waals surface area (Å²) in [5.74, 6) is -0.970. The standard InChI is InChI=1S/C14H16F3NO2/c15-14(16,17)10-5-3-9(4-6-10)8-13(12(19)20)7-1-2-11(13)18/h3-6,11H,1-2,7-8,18H2,(H,19,20)/t11-,13+/m1/s1. The van der Waals surface area contributed by atoms with E-state index in [1.807, 2.05) is 0 Å². The summed E-state index contributed by atoms with van der Waals surface area (Å²) in [6.45, 7) is 0. The van der Waals surface area contributed by atoms with Gasteiger partial charge in [0, 0.05) is 6.04 Å². The van der Waals surface area contributed by atoms with Crippen molar-refractivity contribution in [2.75, 3.05) is 0 Å². The highest BCUT2D eigenvalue weighted by Crippen LogP contribution is 2.40. The number of nitrogens with two attached hydrogens (primary N) is 1. The first kappa shape index (κ1) is 14.8. The van der Waals surface area contributed by atoms with Crippen LogP contribution in [0.1, 0.15) is 30.4 Å². The van der Waals surface area contributed by atoms with Gasteiger partial charge in [-0.3, -0.25) is 4.79 Å². The summed E-state index contributed by atoms with van der Waals surface area (Å²) in [6.07, 6.45) is -2.39. The SMILES string of the molecule is N[C@@H]1CCC[C@@]1(Cc1ccc(C(F)(F)F)cc1)C(=O)O. The highest BCUT2D eigenvalue weighted by molar-refractivity contribution is 5.76. The smallest absolute Gasteiger partial charge is 0.416 e. The van der Waals surface area contributed by atoms with Crippen LogP contribution in [0.25, 0.3) is 0 Å². The molecule has 1 aliphatic rings. The van der Waals surface area contributed by atoms with Crippen LogP contribution in [0.4, 0.5) is 13.2 Å². The Morgan fingerprint density at radius 2 is 1.95 bits per heavy atom. The molecule has 2 atom stereocenters. The fraction of sp³-hybridized carbons (Fsp3) is 0.500. The quantitative estimate of drug-likeness (QED) is 0.898.